The Labute approximate surface area is 109 Å². The average Bonchev–Trinajstić information content (AvgIpc) is 3.21. The average molecular weight is 247 g/mol. The first kappa shape index (κ1) is 13.1. The number of methoxy groups -OCH3 is 1. The van der Waals surface area contributed by atoms with Crippen molar-refractivity contribution in [1.29, 1.82) is 0 Å². The fourth-order valence-corrected chi connectivity index (χ4v) is 2.21. The third-order valence-corrected chi connectivity index (χ3v) is 3.50. The summed E-state index contributed by atoms with van der Waals surface area (Å²) >= 11 is 0. The zero-order valence-electron chi connectivity index (χ0n) is 11.2. The van der Waals surface area contributed by atoms with Gasteiger partial charge in [0.2, 0.25) is 0 Å². The molecule has 98 valence electrons. The van der Waals surface area contributed by atoms with Gasteiger partial charge in [0.05, 0.1) is 7.11 Å². The molecular weight excluding hydrogens is 226 g/mol. The van der Waals surface area contributed by atoms with Crippen LogP contribution in [0.5, 0.6) is 5.75 Å². The van der Waals surface area contributed by atoms with Gasteiger partial charge in [-0.3, -0.25) is 9.69 Å². The molecule has 18 heavy (non-hydrogen) atoms. The number of hydrogen-bond donors (Lipinski definition) is 0. The lowest BCUT2D eigenvalue weighted by Crippen LogP contribution is -2.25. The molecule has 0 atom stereocenters. The molecule has 1 saturated carbocycles. The largest absolute Gasteiger partial charge is 0.496 e. The van der Waals surface area contributed by atoms with Crippen LogP contribution >= 0.6 is 0 Å². The van der Waals surface area contributed by atoms with Crippen molar-refractivity contribution < 1.29 is 9.53 Å². The number of aldehydes is 1. The maximum absolute atomic E-state index is 10.8. The van der Waals surface area contributed by atoms with E-state index in [0.29, 0.717) is 5.56 Å². The Kier molecular flexibility index (Phi) is 4.37. The molecule has 1 aliphatic rings. The Morgan fingerprint density at radius 2 is 2.22 bits per heavy atom. The molecule has 0 saturated heterocycles. The van der Waals surface area contributed by atoms with E-state index in [1.54, 1.807) is 13.2 Å². The van der Waals surface area contributed by atoms with E-state index < -0.39 is 0 Å². The van der Waals surface area contributed by atoms with Gasteiger partial charge in [0.1, 0.15) is 12.0 Å². The third-order valence-electron chi connectivity index (χ3n) is 3.50. The van der Waals surface area contributed by atoms with Crippen molar-refractivity contribution in [3.05, 3.63) is 29.3 Å². The smallest absolute Gasteiger partial charge is 0.150 e. The van der Waals surface area contributed by atoms with Crippen molar-refractivity contribution in [3.63, 3.8) is 0 Å². The molecule has 1 aliphatic carbocycles. The second-order valence-corrected chi connectivity index (χ2v) is 4.96. The Balaban J connectivity index is 2.10. The van der Waals surface area contributed by atoms with Crippen LogP contribution in [0.1, 0.15) is 35.7 Å². The van der Waals surface area contributed by atoms with Gasteiger partial charge < -0.3 is 4.74 Å². The van der Waals surface area contributed by atoms with Crippen LogP contribution in [0.3, 0.4) is 0 Å². The minimum Gasteiger partial charge on any atom is -0.496 e. The molecule has 0 N–H and O–H groups in total. The zero-order chi connectivity index (χ0) is 13.0. The Morgan fingerprint density at radius 1 is 1.44 bits per heavy atom. The number of hydrogen-bond acceptors (Lipinski definition) is 3. The van der Waals surface area contributed by atoms with Crippen molar-refractivity contribution >= 4 is 6.29 Å². The highest BCUT2D eigenvalue weighted by molar-refractivity contribution is 5.75. The van der Waals surface area contributed by atoms with Gasteiger partial charge >= 0.3 is 0 Å². The van der Waals surface area contributed by atoms with Crippen LogP contribution in [0.25, 0.3) is 0 Å². The van der Waals surface area contributed by atoms with Gasteiger partial charge in [0, 0.05) is 24.2 Å². The van der Waals surface area contributed by atoms with E-state index in [1.807, 2.05) is 12.1 Å². The summed E-state index contributed by atoms with van der Waals surface area (Å²) in [7, 11) is 1.68. The fraction of sp³-hybridized carbons (Fsp3) is 0.533. The predicted octanol–water partition coefficient (Wildman–Crippen LogP) is 2.74. The van der Waals surface area contributed by atoms with E-state index in [4.69, 9.17) is 4.74 Å². The number of carbonyl (C=O) groups is 1. The first-order valence-corrected chi connectivity index (χ1v) is 6.61. The second-order valence-electron chi connectivity index (χ2n) is 4.96. The number of ether oxygens (including phenoxy) is 1. The molecule has 1 fully saturated rings. The molecule has 3 nitrogen and oxygen atoms in total. The van der Waals surface area contributed by atoms with Crippen LogP contribution in [0.4, 0.5) is 0 Å². The minimum absolute atomic E-state index is 0.716. The van der Waals surface area contributed by atoms with Crippen LogP contribution in [-0.2, 0) is 6.54 Å². The quantitative estimate of drug-likeness (QED) is 0.694. The summed E-state index contributed by atoms with van der Waals surface area (Å²) < 4.78 is 5.37. The molecule has 0 radical (unpaired) electrons. The maximum atomic E-state index is 10.8. The van der Waals surface area contributed by atoms with E-state index in [0.717, 1.165) is 43.2 Å². The lowest BCUT2D eigenvalue weighted by Gasteiger charge is -2.21. The van der Waals surface area contributed by atoms with E-state index >= 15 is 0 Å². The first-order valence-electron chi connectivity index (χ1n) is 6.61. The van der Waals surface area contributed by atoms with Gasteiger partial charge in [0.15, 0.2) is 0 Å². The van der Waals surface area contributed by atoms with Crippen LogP contribution in [0, 0.1) is 5.92 Å². The summed E-state index contributed by atoms with van der Waals surface area (Å²) in [5, 5.41) is 0. The van der Waals surface area contributed by atoms with Crippen molar-refractivity contribution in [2.24, 2.45) is 5.92 Å². The van der Waals surface area contributed by atoms with Crippen molar-refractivity contribution in [2.75, 3.05) is 20.2 Å². The molecule has 0 aromatic heterocycles. The summed E-state index contributed by atoms with van der Waals surface area (Å²) in [6, 6.07) is 5.61. The summed E-state index contributed by atoms with van der Waals surface area (Å²) in [4.78, 5) is 13.3. The summed E-state index contributed by atoms with van der Waals surface area (Å²) in [6.45, 7) is 5.23. The Hall–Kier alpha value is -1.35. The molecule has 2 rings (SSSR count). The zero-order valence-corrected chi connectivity index (χ0v) is 11.2. The van der Waals surface area contributed by atoms with E-state index in [1.165, 1.54) is 12.8 Å². The predicted molar refractivity (Wildman–Crippen MR) is 72.1 cm³/mol. The molecular formula is C15H21NO2. The topological polar surface area (TPSA) is 29.5 Å². The summed E-state index contributed by atoms with van der Waals surface area (Å²) in [5.74, 6) is 1.75. The molecule has 0 unspecified atom stereocenters. The van der Waals surface area contributed by atoms with Crippen LogP contribution < -0.4 is 4.74 Å². The number of nitrogens with zero attached hydrogens (tertiary/aromatic N) is 1. The minimum atomic E-state index is 0.716. The van der Waals surface area contributed by atoms with Gasteiger partial charge in [-0.25, -0.2) is 0 Å². The number of benzene rings is 1. The maximum Gasteiger partial charge on any atom is 0.150 e. The molecule has 0 heterocycles. The SMILES string of the molecule is CCN(Cc1cc(C=O)ccc1OC)CC1CC1. The van der Waals surface area contributed by atoms with Gasteiger partial charge in [-0.2, -0.15) is 0 Å². The molecule has 0 amide bonds. The standard InChI is InChI=1S/C15H21NO2/c1-3-16(9-12-4-5-12)10-14-8-13(11-17)6-7-15(14)18-2/h6-8,11-12H,3-5,9-10H2,1-2H3. The summed E-state index contributed by atoms with van der Waals surface area (Å²) in [6.07, 6.45) is 3.62. The van der Waals surface area contributed by atoms with Crippen molar-refractivity contribution in [3.8, 4) is 5.75 Å². The van der Waals surface area contributed by atoms with E-state index in [9.17, 15) is 4.79 Å². The molecule has 3 heteroatoms. The van der Waals surface area contributed by atoms with Gasteiger partial charge in [0.25, 0.3) is 0 Å². The van der Waals surface area contributed by atoms with E-state index in [2.05, 4.69) is 11.8 Å². The molecule has 1 aromatic rings. The van der Waals surface area contributed by atoms with Crippen molar-refractivity contribution in [2.45, 2.75) is 26.3 Å². The van der Waals surface area contributed by atoms with Crippen LogP contribution in [0.15, 0.2) is 18.2 Å². The fourth-order valence-electron chi connectivity index (χ4n) is 2.21. The van der Waals surface area contributed by atoms with Gasteiger partial charge in [-0.1, -0.05) is 6.92 Å². The third kappa shape index (κ3) is 3.33. The lowest BCUT2D eigenvalue weighted by molar-refractivity contribution is 0.112. The van der Waals surface area contributed by atoms with Crippen LogP contribution in [-0.4, -0.2) is 31.4 Å². The normalized spacial score (nSPS) is 14.8. The van der Waals surface area contributed by atoms with Gasteiger partial charge in [-0.15, -0.1) is 0 Å². The molecule has 0 spiro atoms. The number of carbonyl (C=O) groups excluding carboxylic acids is 1. The highest BCUT2D eigenvalue weighted by atomic mass is 16.5. The molecule has 1 aromatic carbocycles. The summed E-state index contributed by atoms with van der Waals surface area (Å²) in [5.41, 5.74) is 1.82. The Morgan fingerprint density at radius 3 is 2.78 bits per heavy atom. The first-order chi connectivity index (χ1) is 8.76. The molecule has 0 aliphatic heterocycles. The second kappa shape index (κ2) is 6.01. The van der Waals surface area contributed by atoms with Crippen molar-refractivity contribution in [1.82, 2.24) is 4.90 Å². The monoisotopic (exact) mass is 247 g/mol. The van der Waals surface area contributed by atoms with E-state index in [-0.39, 0.29) is 0 Å². The highest BCUT2D eigenvalue weighted by Gasteiger charge is 2.24. The lowest BCUT2D eigenvalue weighted by atomic mass is 10.1. The highest BCUT2D eigenvalue weighted by Crippen LogP contribution is 2.30. The van der Waals surface area contributed by atoms with Crippen LogP contribution in [0.2, 0.25) is 0 Å². The molecule has 0 bridgehead atoms. The Bertz CT molecular complexity index is 413. The number of rotatable bonds is 7. The van der Waals surface area contributed by atoms with Gasteiger partial charge in [-0.05, 0) is 43.5 Å².